The molecule has 1 saturated heterocycles. The van der Waals surface area contributed by atoms with E-state index in [0.717, 1.165) is 0 Å². The minimum atomic E-state index is -0.592. The zero-order chi connectivity index (χ0) is 16.3. The predicted molar refractivity (Wildman–Crippen MR) is 80.9 cm³/mol. The highest BCUT2D eigenvalue weighted by Crippen LogP contribution is 2.25. The van der Waals surface area contributed by atoms with Gasteiger partial charge in [0, 0.05) is 44.2 Å². The number of hydrogen-bond donors (Lipinski definition) is 0. The average Bonchev–Trinajstić information content (AvgIpc) is 2.53. The van der Waals surface area contributed by atoms with Crippen LogP contribution in [0.5, 0.6) is 0 Å². The smallest absolute Gasteiger partial charge is 0.287 e. The molecule has 22 heavy (non-hydrogen) atoms. The second-order valence-electron chi connectivity index (χ2n) is 4.95. The van der Waals surface area contributed by atoms with Gasteiger partial charge in [-0.1, -0.05) is 18.5 Å². The minimum absolute atomic E-state index is 0.0596. The topological polar surface area (TPSA) is 83.8 Å². The van der Waals surface area contributed by atoms with E-state index in [-0.39, 0.29) is 22.5 Å². The van der Waals surface area contributed by atoms with E-state index in [9.17, 15) is 19.7 Å². The molecule has 0 aromatic heterocycles. The number of carbonyl (C=O) groups is 2. The summed E-state index contributed by atoms with van der Waals surface area (Å²) in [5.41, 5.74) is 0.0856. The first kappa shape index (κ1) is 16.2. The number of piperazine rings is 1. The zero-order valence-electron chi connectivity index (χ0n) is 12.1. The number of carbonyl (C=O) groups excluding carboxylic acids is 2. The van der Waals surface area contributed by atoms with Crippen LogP contribution in [0.2, 0.25) is 5.02 Å². The third kappa shape index (κ3) is 3.36. The Bertz CT molecular complexity index is 612. The lowest BCUT2D eigenvalue weighted by molar-refractivity contribution is -0.384. The Hall–Kier alpha value is -2.15. The van der Waals surface area contributed by atoms with Gasteiger partial charge in [0.05, 0.1) is 4.92 Å². The van der Waals surface area contributed by atoms with Crippen LogP contribution >= 0.6 is 11.6 Å². The molecule has 8 heteroatoms. The summed E-state index contributed by atoms with van der Waals surface area (Å²) in [7, 11) is 0. The molecule has 1 aromatic carbocycles. The maximum Gasteiger partial charge on any atom is 0.287 e. The van der Waals surface area contributed by atoms with Crippen LogP contribution in [-0.2, 0) is 4.79 Å². The highest BCUT2D eigenvalue weighted by atomic mass is 35.5. The number of benzene rings is 1. The van der Waals surface area contributed by atoms with Crippen LogP contribution in [0.25, 0.3) is 0 Å². The number of nitrogens with zero attached hydrogens (tertiary/aromatic N) is 3. The van der Waals surface area contributed by atoms with Gasteiger partial charge in [-0.25, -0.2) is 0 Å². The lowest BCUT2D eigenvalue weighted by Gasteiger charge is -2.34. The monoisotopic (exact) mass is 325 g/mol. The van der Waals surface area contributed by atoms with Gasteiger partial charge in [0.15, 0.2) is 0 Å². The molecule has 0 saturated carbocycles. The third-order valence-electron chi connectivity index (χ3n) is 3.61. The first-order chi connectivity index (χ1) is 10.4. The number of nitro groups is 1. The Morgan fingerprint density at radius 2 is 1.82 bits per heavy atom. The molecule has 0 aliphatic carbocycles. The molecule has 1 aliphatic heterocycles. The fourth-order valence-corrected chi connectivity index (χ4v) is 2.60. The maximum absolute atomic E-state index is 12.4. The molecule has 0 atom stereocenters. The van der Waals surface area contributed by atoms with Crippen LogP contribution in [0, 0.1) is 10.1 Å². The summed E-state index contributed by atoms with van der Waals surface area (Å²) in [6, 6.07) is 3.94. The van der Waals surface area contributed by atoms with E-state index < -0.39 is 4.92 Å². The standard InChI is InChI=1S/C14H16ClN3O4/c1-2-13(19)16-5-7-17(8-6-16)14(20)10-3-4-12(18(21)22)11(15)9-10/h3-4,9H,2,5-8H2,1H3. The van der Waals surface area contributed by atoms with Crippen molar-refractivity contribution in [2.24, 2.45) is 0 Å². The van der Waals surface area contributed by atoms with Gasteiger partial charge in [-0.2, -0.15) is 0 Å². The molecule has 2 rings (SSSR count). The maximum atomic E-state index is 12.4. The van der Waals surface area contributed by atoms with Crippen molar-refractivity contribution < 1.29 is 14.5 Å². The highest BCUT2D eigenvalue weighted by molar-refractivity contribution is 6.33. The first-order valence-corrected chi connectivity index (χ1v) is 7.32. The molecule has 7 nitrogen and oxygen atoms in total. The number of rotatable bonds is 3. The van der Waals surface area contributed by atoms with Gasteiger partial charge in [-0.3, -0.25) is 19.7 Å². The summed E-state index contributed by atoms with van der Waals surface area (Å²) < 4.78 is 0. The average molecular weight is 326 g/mol. The molecule has 0 bridgehead atoms. The van der Waals surface area contributed by atoms with E-state index in [1.165, 1.54) is 18.2 Å². The van der Waals surface area contributed by atoms with E-state index >= 15 is 0 Å². The Labute approximate surface area is 132 Å². The van der Waals surface area contributed by atoms with Crippen molar-refractivity contribution in [1.29, 1.82) is 0 Å². The Balaban J connectivity index is 2.05. The van der Waals surface area contributed by atoms with Crippen molar-refractivity contribution in [1.82, 2.24) is 9.80 Å². The third-order valence-corrected chi connectivity index (χ3v) is 3.92. The Morgan fingerprint density at radius 1 is 1.23 bits per heavy atom. The van der Waals surface area contributed by atoms with Crippen molar-refractivity contribution in [3.8, 4) is 0 Å². The molecule has 1 aliphatic rings. The van der Waals surface area contributed by atoms with Crippen LogP contribution in [0.3, 0.4) is 0 Å². The van der Waals surface area contributed by atoms with Crippen LogP contribution < -0.4 is 0 Å². The Morgan fingerprint density at radius 3 is 2.32 bits per heavy atom. The summed E-state index contributed by atoms with van der Waals surface area (Å²) in [6.45, 7) is 3.69. The number of hydrogen-bond acceptors (Lipinski definition) is 4. The quantitative estimate of drug-likeness (QED) is 0.628. The second kappa shape index (κ2) is 6.74. The molecule has 0 radical (unpaired) electrons. The van der Waals surface area contributed by atoms with Crippen LogP contribution in [0.1, 0.15) is 23.7 Å². The molecule has 1 heterocycles. The van der Waals surface area contributed by atoms with E-state index in [2.05, 4.69) is 0 Å². The molecule has 1 fully saturated rings. The summed E-state index contributed by atoms with van der Waals surface area (Å²) >= 11 is 5.83. The van der Waals surface area contributed by atoms with E-state index in [1.807, 2.05) is 0 Å². The van der Waals surface area contributed by atoms with Crippen LogP contribution in [0.4, 0.5) is 5.69 Å². The number of amides is 2. The fraction of sp³-hybridized carbons (Fsp3) is 0.429. The van der Waals surface area contributed by atoms with E-state index in [1.54, 1.807) is 16.7 Å². The molecule has 0 unspecified atom stereocenters. The van der Waals surface area contributed by atoms with Gasteiger partial charge < -0.3 is 9.80 Å². The van der Waals surface area contributed by atoms with E-state index in [0.29, 0.717) is 38.2 Å². The van der Waals surface area contributed by atoms with Gasteiger partial charge in [-0.15, -0.1) is 0 Å². The van der Waals surface area contributed by atoms with Gasteiger partial charge in [0.25, 0.3) is 11.6 Å². The van der Waals surface area contributed by atoms with Gasteiger partial charge in [-0.05, 0) is 12.1 Å². The van der Waals surface area contributed by atoms with Gasteiger partial charge in [0.1, 0.15) is 5.02 Å². The SMILES string of the molecule is CCC(=O)N1CCN(C(=O)c2ccc([N+](=O)[O-])c(Cl)c2)CC1. The normalized spacial score (nSPS) is 14.8. The van der Waals surface area contributed by atoms with Gasteiger partial charge >= 0.3 is 0 Å². The van der Waals surface area contributed by atoms with Crippen LogP contribution in [0.15, 0.2) is 18.2 Å². The van der Waals surface area contributed by atoms with Crippen LogP contribution in [-0.4, -0.2) is 52.7 Å². The second-order valence-corrected chi connectivity index (χ2v) is 5.36. The first-order valence-electron chi connectivity index (χ1n) is 6.95. The molecular weight excluding hydrogens is 310 g/mol. The van der Waals surface area contributed by atoms with E-state index in [4.69, 9.17) is 11.6 Å². The molecular formula is C14H16ClN3O4. The van der Waals surface area contributed by atoms with Crippen molar-refractivity contribution in [2.45, 2.75) is 13.3 Å². The van der Waals surface area contributed by atoms with Crippen molar-refractivity contribution in [2.75, 3.05) is 26.2 Å². The summed E-state index contributed by atoms with van der Waals surface area (Å²) in [4.78, 5) is 37.5. The lowest BCUT2D eigenvalue weighted by atomic mass is 10.1. The largest absolute Gasteiger partial charge is 0.339 e. The molecule has 0 N–H and O–H groups in total. The molecule has 0 spiro atoms. The Kier molecular flexibility index (Phi) is 4.97. The minimum Gasteiger partial charge on any atom is -0.339 e. The molecule has 1 aromatic rings. The lowest BCUT2D eigenvalue weighted by Crippen LogP contribution is -2.50. The summed E-state index contributed by atoms with van der Waals surface area (Å²) in [5.74, 6) is -0.161. The van der Waals surface area contributed by atoms with Crippen molar-refractivity contribution >= 4 is 29.1 Å². The fourth-order valence-electron chi connectivity index (χ4n) is 2.35. The molecule has 118 valence electrons. The summed E-state index contributed by atoms with van der Waals surface area (Å²) in [6.07, 6.45) is 0.450. The number of nitro benzene ring substituents is 1. The zero-order valence-corrected chi connectivity index (χ0v) is 12.9. The van der Waals surface area contributed by atoms with Crippen molar-refractivity contribution in [3.63, 3.8) is 0 Å². The highest BCUT2D eigenvalue weighted by Gasteiger charge is 2.25. The molecule has 2 amide bonds. The van der Waals surface area contributed by atoms with Crippen molar-refractivity contribution in [3.05, 3.63) is 38.9 Å². The van der Waals surface area contributed by atoms with Gasteiger partial charge in [0.2, 0.25) is 5.91 Å². The summed E-state index contributed by atoms with van der Waals surface area (Å²) in [5, 5.41) is 10.7. The number of halogens is 1. The predicted octanol–water partition coefficient (Wildman–Crippen LogP) is 1.94.